The van der Waals surface area contributed by atoms with Crippen LogP contribution < -0.4 is 20.5 Å². The summed E-state index contributed by atoms with van der Waals surface area (Å²) in [6, 6.07) is 14.3. The molecule has 3 heterocycles. The van der Waals surface area contributed by atoms with Gasteiger partial charge in [0, 0.05) is 19.2 Å². The fourth-order valence-electron chi connectivity index (χ4n) is 3.66. The molecule has 1 aliphatic rings. The van der Waals surface area contributed by atoms with Crippen LogP contribution in [0.25, 0.3) is 22.3 Å². The van der Waals surface area contributed by atoms with Crippen molar-refractivity contribution in [3.8, 4) is 22.8 Å². The van der Waals surface area contributed by atoms with Crippen molar-refractivity contribution in [1.29, 1.82) is 0 Å². The summed E-state index contributed by atoms with van der Waals surface area (Å²) in [5.74, 6) is 3.00. The molecule has 0 unspecified atom stereocenters. The average Bonchev–Trinajstić information content (AvgIpc) is 3.35. The third-order valence-corrected chi connectivity index (χ3v) is 5.48. The number of aromatic nitrogens is 4. The molecule has 0 saturated heterocycles. The van der Waals surface area contributed by atoms with E-state index in [2.05, 4.69) is 53.5 Å². The maximum absolute atomic E-state index is 6.30. The van der Waals surface area contributed by atoms with Crippen LogP contribution in [0.4, 0.5) is 11.8 Å². The number of hydrogen-bond acceptors (Lipinski definition) is 7. The van der Waals surface area contributed by atoms with Gasteiger partial charge in [-0.3, -0.25) is 4.68 Å². The van der Waals surface area contributed by atoms with Crippen LogP contribution in [0.3, 0.4) is 0 Å². The Balaban J connectivity index is 1.50. The number of fused-ring (bicyclic) bond motifs is 2. The SMILES string of the molecule is CC(C)c1ccc(-c2nc(NCc3ccc4c(c3)OCO4)nc3nn(C)c(N)c23)cc1. The molecule has 0 atom stereocenters. The second kappa shape index (κ2) is 7.46. The van der Waals surface area contributed by atoms with E-state index in [4.69, 9.17) is 20.2 Å². The van der Waals surface area contributed by atoms with E-state index in [1.54, 1.807) is 4.68 Å². The Hall–Kier alpha value is -3.81. The standard InChI is InChI=1S/C23H24N6O2/c1-13(2)15-5-7-16(8-6-15)20-19-21(24)29(3)28-22(19)27-23(26-20)25-11-14-4-9-17-18(10-14)31-12-30-17/h4-10,13H,11-12,24H2,1-3H3,(H,25,27,28). The van der Waals surface area contributed by atoms with E-state index in [1.807, 2.05) is 25.2 Å². The Labute approximate surface area is 180 Å². The molecule has 2 aromatic heterocycles. The summed E-state index contributed by atoms with van der Waals surface area (Å²) in [5.41, 5.74) is 10.9. The number of nitrogens with one attached hydrogen (secondary N) is 1. The van der Waals surface area contributed by atoms with Gasteiger partial charge < -0.3 is 20.5 Å². The molecule has 8 nitrogen and oxygen atoms in total. The van der Waals surface area contributed by atoms with Gasteiger partial charge in [0.05, 0.1) is 11.1 Å². The number of nitrogens with zero attached hydrogens (tertiary/aromatic N) is 4. The normalized spacial score (nSPS) is 12.6. The highest BCUT2D eigenvalue weighted by Crippen LogP contribution is 2.34. The molecule has 2 aromatic carbocycles. The predicted molar refractivity (Wildman–Crippen MR) is 120 cm³/mol. The number of aryl methyl sites for hydroxylation is 1. The van der Waals surface area contributed by atoms with Crippen LogP contribution >= 0.6 is 0 Å². The van der Waals surface area contributed by atoms with Crippen molar-refractivity contribution in [2.24, 2.45) is 7.05 Å². The monoisotopic (exact) mass is 416 g/mol. The highest BCUT2D eigenvalue weighted by Gasteiger charge is 2.18. The third-order valence-electron chi connectivity index (χ3n) is 5.48. The highest BCUT2D eigenvalue weighted by molar-refractivity contribution is 5.98. The molecule has 0 amide bonds. The van der Waals surface area contributed by atoms with E-state index in [1.165, 1.54) is 5.56 Å². The number of rotatable bonds is 5. The number of anilines is 2. The van der Waals surface area contributed by atoms with Gasteiger partial charge in [0.25, 0.3) is 0 Å². The van der Waals surface area contributed by atoms with E-state index in [0.717, 1.165) is 33.7 Å². The zero-order valence-corrected chi connectivity index (χ0v) is 17.7. The third kappa shape index (κ3) is 3.50. The topological polar surface area (TPSA) is 100 Å². The van der Waals surface area contributed by atoms with Crippen LogP contribution in [-0.4, -0.2) is 26.5 Å². The maximum Gasteiger partial charge on any atom is 0.231 e. The summed E-state index contributed by atoms with van der Waals surface area (Å²) in [6.45, 7) is 5.15. The first-order valence-corrected chi connectivity index (χ1v) is 10.2. The van der Waals surface area contributed by atoms with Gasteiger partial charge in [0.1, 0.15) is 5.82 Å². The molecule has 31 heavy (non-hydrogen) atoms. The van der Waals surface area contributed by atoms with Gasteiger partial charge in [0.15, 0.2) is 17.1 Å². The minimum Gasteiger partial charge on any atom is -0.454 e. The van der Waals surface area contributed by atoms with E-state index < -0.39 is 0 Å². The lowest BCUT2D eigenvalue weighted by molar-refractivity contribution is 0.174. The highest BCUT2D eigenvalue weighted by atomic mass is 16.7. The molecule has 158 valence electrons. The molecule has 0 aliphatic carbocycles. The molecule has 8 heteroatoms. The lowest BCUT2D eigenvalue weighted by Crippen LogP contribution is -2.05. The zero-order valence-electron chi connectivity index (χ0n) is 17.7. The first-order valence-electron chi connectivity index (χ1n) is 10.2. The van der Waals surface area contributed by atoms with Crippen LogP contribution in [0.15, 0.2) is 42.5 Å². The largest absolute Gasteiger partial charge is 0.454 e. The van der Waals surface area contributed by atoms with Gasteiger partial charge in [-0.15, -0.1) is 0 Å². The Bertz CT molecular complexity index is 1260. The van der Waals surface area contributed by atoms with Crippen molar-refractivity contribution in [3.05, 3.63) is 53.6 Å². The van der Waals surface area contributed by atoms with Crippen molar-refractivity contribution >= 4 is 22.8 Å². The zero-order chi connectivity index (χ0) is 21.5. The Morgan fingerprint density at radius 1 is 1.06 bits per heavy atom. The number of nitrogens with two attached hydrogens (primary N) is 1. The van der Waals surface area contributed by atoms with Crippen LogP contribution in [0.1, 0.15) is 30.9 Å². The summed E-state index contributed by atoms with van der Waals surface area (Å²) < 4.78 is 12.5. The van der Waals surface area contributed by atoms with E-state index in [-0.39, 0.29) is 6.79 Å². The minimum atomic E-state index is 0.256. The molecule has 4 aromatic rings. The smallest absolute Gasteiger partial charge is 0.231 e. The maximum atomic E-state index is 6.30. The Morgan fingerprint density at radius 2 is 1.84 bits per heavy atom. The molecule has 0 radical (unpaired) electrons. The molecule has 5 rings (SSSR count). The summed E-state index contributed by atoms with van der Waals surface area (Å²) in [7, 11) is 1.81. The quantitative estimate of drug-likeness (QED) is 0.506. The molecular weight excluding hydrogens is 392 g/mol. The molecule has 3 N–H and O–H groups in total. The number of nitrogen functional groups attached to an aromatic ring is 1. The summed E-state index contributed by atoms with van der Waals surface area (Å²) in [6.07, 6.45) is 0. The lowest BCUT2D eigenvalue weighted by atomic mass is 10.00. The van der Waals surface area contributed by atoms with Gasteiger partial charge >= 0.3 is 0 Å². The molecule has 0 spiro atoms. The van der Waals surface area contributed by atoms with Gasteiger partial charge in [-0.2, -0.15) is 10.1 Å². The van der Waals surface area contributed by atoms with E-state index >= 15 is 0 Å². The van der Waals surface area contributed by atoms with Gasteiger partial charge in [0.2, 0.25) is 12.7 Å². The Kier molecular flexibility index (Phi) is 4.62. The summed E-state index contributed by atoms with van der Waals surface area (Å²) in [4.78, 5) is 9.38. The summed E-state index contributed by atoms with van der Waals surface area (Å²) in [5, 5.41) is 8.53. The number of benzene rings is 2. The number of ether oxygens (including phenoxy) is 2. The number of hydrogen-bond donors (Lipinski definition) is 2. The predicted octanol–water partition coefficient (Wildman–Crippen LogP) is 4.08. The minimum absolute atomic E-state index is 0.256. The van der Waals surface area contributed by atoms with Crippen molar-refractivity contribution in [3.63, 3.8) is 0 Å². The molecule has 0 saturated carbocycles. The van der Waals surface area contributed by atoms with Crippen molar-refractivity contribution < 1.29 is 9.47 Å². The Morgan fingerprint density at radius 3 is 2.61 bits per heavy atom. The average molecular weight is 416 g/mol. The van der Waals surface area contributed by atoms with Crippen molar-refractivity contribution in [2.45, 2.75) is 26.3 Å². The lowest BCUT2D eigenvalue weighted by Gasteiger charge is -2.10. The first-order chi connectivity index (χ1) is 15.0. The molecule has 0 bridgehead atoms. The molecular formula is C23H24N6O2. The van der Waals surface area contributed by atoms with Gasteiger partial charge in [-0.25, -0.2) is 4.98 Å². The molecule has 1 aliphatic heterocycles. The van der Waals surface area contributed by atoms with E-state index in [0.29, 0.717) is 29.9 Å². The molecule has 0 fully saturated rings. The van der Waals surface area contributed by atoms with E-state index in [9.17, 15) is 0 Å². The van der Waals surface area contributed by atoms with Crippen LogP contribution in [0.2, 0.25) is 0 Å². The van der Waals surface area contributed by atoms with Crippen molar-refractivity contribution in [1.82, 2.24) is 19.7 Å². The van der Waals surface area contributed by atoms with Crippen LogP contribution in [0.5, 0.6) is 11.5 Å². The van der Waals surface area contributed by atoms with Crippen molar-refractivity contribution in [2.75, 3.05) is 17.8 Å². The van der Waals surface area contributed by atoms with Gasteiger partial charge in [-0.1, -0.05) is 44.2 Å². The first kappa shape index (κ1) is 19.2. The summed E-state index contributed by atoms with van der Waals surface area (Å²) >= 11 is 0. The van der Waals surface area contributed by atoms with Gasteiger partial charge in [-0.05, 0) is 29.2 Å². The van der Waals surface area contributed by atoms with Crippen LogP contribution in [0, 0.1) is 0 Å². The fraction of sp³-hybridized carbons (Fsp3) is 0.261. The van der Waals surface area contributed by atoms with Crippen LogP contribution in [-0.2, 0) is 13.6 Å². The second-order valence-electron chi connectivity index (χ2n) is 7.92. The second-order valence-corrected chi connectivity index (χ2v) is 7.92. The fourth-order valence-corrected chi connectivity index (χ4v) is 3.66.